The molecule has 1 N–H and O–H groups in total. The molecule has 31 heavy (non-hydrogen) atoms. The number of hydrogen-bond donors (Lipinski definition) is 1. The number of allylic oxidation sites excluding steroid dienone is 1. The fraction of sp³-hybridized carbons (Fsp3) is 0.292. The van der Waals surface area contributed by atoms with Crippen LogP contribution in [0.15, 0.2) is 60.7 Å². The molecule has 0 unspecified atom stereocenters. The van der Waals surface area contributed by atoms with Gasteiger partial charge in [-0.3, -0.25) is 14.4 Å². The number of rotatable bonds is 6. The first kappa shape index (κ1) is 20.7. The first-order chi connectivity index (χ1) is 15.0. The molecule has 1 fully saturated rings. The van der Waals surface area contributed by atoms with Crippen molar-refractivity contribution >= 4 is 23.4 Å². The number of carbonyl (C=O) groups excluding carboxylic acids is 3. The van der Waals surface area contributed by atoms with E-state index < -0.39 is 17.9 Å². The molecule has 7 heteroatoms. The number of hydrogen-bond acceptors (Lipinski definition) is 5. The number of methoxy groups -OCH3 is 1. The summed E-state index contributed by atoms with van der Waals surface area (Å²) in [4.78, 5) is 39.8. The van der Waals surface area contributed by atoms with Crippen molar-refractivity contribution in [2.24, 2.45) is 11.8 Å². The van der Waals surface area contributed by atoms with E-state index in [0.717, 1.165) is 5.56 Å². The summed E-state index contributed by atoms with van der Waals surface area (Å²) in [6.45, 7) is 1.77. The Balaban J connectivity index is 1.45. The summed E-state index contributed by atoms with van der Waals surface area (Å²) in [6.07, 6.45) is 4.10. The third-order valence-corrected chi connectivity index (χ3v) is 5.61. The van der Waals surface area contributed by atoms with Crippen LogP contribution in [0.3, 0.4) is 0 Å². The summed E-state index contributed by atoms with van der Waals surface area (Å²) in [5.41, 5.74) is 1.53. The Morgan fingerprint density at radius 2 is 1.87 bits per heavy atom. The monoisotopic (exact) mass is 420 g/mol. The van der Waals surface area contributed by atoms with Crippen molar-refractivity contribution < 1.29 is 23.9 Å². The Labute approximate surface area is 180 Å². The molecule has 2 aromatic rings. The third kappa shape index (κ3) is 4.17. The largest absolute Gasteiger partial charge is 0.497 e. The molecule has 1 heterocycles. The maximum absolute atomic E-state index is 13.2. The highest BCUT2D eigenvalue weighted by molar-refractivity contribution is 6.22. The average molecular weight is 420 g/mol. The van der Waals surface area contributed by atoms with Gasteiger partial charge >= 0.3 is 0 Å². The van der Waals surface area contributed by atoms with E-state index >= 15 is 0 Å². The summed E-state index contributed by atoms with van der Waals surface area (Å²) in [5.74, 6) is -0.801. The molecule has 0 aromatic heterocycles. The smallest absolute Gasteiger partial charge is 0.258 e. The molecular weight excluding hydrogens is 396 g/mol. The van der Waals surface area contributed by atoms with E-state index in [9.17, 15) is 14.4 Å². The van der Waals surface area contributed by atoms with E-state index in [4.69, 9.17) is 9.47 Å². The van der Waals surface area contributed by atoms with Gasteiger partial charge in [0, 0.05) is 0 Å². The van der Waals surface area contributed by atoms with Gasteiger partial charge in [-0.05, 0) is 55.3 Å². The lowest BCUT2D eigenvalue weighted by Gasteiger charge is -2.26. The van der Waals surface area contributed by atoms with Gasteiger partial charge in [-0.2, -0.15) is 0 Å². The number of fused-ring (bicyclic) bond motifs is 1. The van der Waals surface area contributed by atoms with E-state index in [0.29, 0.717) is 23.6 Å². The Morgan fingerprint density at radius 1 is 1.10 bits per heavy atom. The van der Waals surface area contributed by atoms with Crippen LogP contribution in [0.5, 0.6) is 11.5 Å². The van der Waals surface area contributed by atoms with Crippen LogP contribution in [0.25, 0.3) is 0 Å². The Morgan fingerprint density at radius 3 is 2.58 bits per heavy atom. The van der Waals surface area contributed by atoms with Gasteiger partial charge in [-0.15, -0.1) is 0 Å². The molecule has 0 spiro atoms. The lowest BCUT2D eigenvalue weighted by molar-refractivity contribution is -0.126. The molecule has 1 saturated heterocycles. The molecular formula is C24H24N2O5. The summed E-state index contributed by atoms with van der Waals surface area (Å²) < 4.78 is 10.7. The highest BCUT2D eigenvalue weighted by Gasteiger charge is 2.52. The van der Waals surface area contributed by atoms with Crippen molar-refractivity contribution in [3.05, 3.63) is 66.2 Å². The van der Waals surface area contributed by atoms with Crippen LogP contribution >= 0.6 is 0 Å². The van der Waals surface area contributed by atoms with Gasteiger partial charge in [-0.1, -0.05) is 24.3 Å². The van der Waals surface area contributed by atoms with E-state index in [1.807, 2.05) is 31.2 Å². The summed E-state index contributed by atoms with van der Waals surface area (Å²) >= 11 is 0. The summed E-state index contributed by atoms with van der Waals surface area (Å²) in [7, 11) is 1.55. The van der Waals surface area contributed by atoms with E-state index in [1.54, 1.807) is 43.5 Å². The molecule has 2 aliphatic rings. The lowest BCUT2D eigenvalue weighted by atomic mass is 9.81. The van der Waals surface area contributed by atoms with Crippen LogP contribution in [0.1, 0.15) is 12.0 Å². The highest BCUT2D eigenvalue weighted by Crippen LogP contribution is 2.38. The van der Waals surface area contributed by atoms with Crippen LogP contribution in [-0.2, 0) is 14.4 Å². The fourth-order valence-electron chi connectivity index (χ4n) is 4.10. The maximum atomic E-state index is 13.2. The van der Waals surface area contributed by atoms with Crippen molar-refractivity contribution in [2.45, 2.75) is 19.4 Å². The number of nitrogens with one attached hydrogen (secondary N) is 1. The lowest BCUT2D eigenvalue weighted by Crippen LogP contribution is -2.46. The second kappa shape index (κ2) is 8.63. The predicted octanol–water partition coefficient (Wildman–Crippen LogP) is 2.63. The highest BCUT2D eigenvalue weighted by atomic mass is 16.5. The topological polar surface area (TPSA) is 84.9 Å². The van der Waals surface area contributed by atoms with Crippen molar-refractivity contribution in [1.82, 2.24) is 5.32 Å². The number of aryl methyl sites for hydroxylation is 1. The number of ether oxygens (including phenoxy) is 2. The van der Waals surface area contributed by atoms with Gasteiger partial charge in [-0.25, -0.2) is 4.90 Å². The van der Waals surface area contributed by atoms with Crippen LogP contribution in [0.2, 0.25) is 0 Å². The van der Waals surface area contributed by atoms with Gasteiger partial charge in [0.05, 0.1) is 30.7 Å². The van der Waals surface area contributed by atoms with E-state index in [2.05, 4.69) is 5.32 Å². The maximum Gasteiger partial charge on any atom is 0.258 e. The zero-order chi connectivity index (χ0) is 22.0. The molecule has 0 bridgehead atoms. The van der Waals surface area contributed by atoms with Crippen molar-refractivity contribution in [2.75, 3.05) is 18.6 Å². The standard InChI is InChI=1S/C24H24N2O5/c1-15-5-3-6-18(13-15)31-14-21(27)25-20-8-4-7-19-22(20)24(29)26(23(19)28)16-9-11-17(30-2)12-10-16/h3-6,8-13,19-20,22H,7,14H2,1-2H3,(H,25,27)/t19-,20+,22-/m1/s1. The minimum atomic E-state index is -0.637. The minimum Gasteiger partial charge on any atom is -0.497 e. The van der Waals surface area contributed by atoms with Crippen LogP contribution < -0.4 is 19.7 Å². The van der Waals surface area contributed by atoms with Gasteiger partial charge < -0.3 is 14.8 Å². The molecule has 2 aromatic carbocycles. The van der Waals surface area contributed by atoms with Crippen LogP contribution in [0.4, 0.5) is 5.69 Å². The Bertz CT molecular complexity index is 1030. The van der Waals surface area contributed by atoms with Gasteiger partial charge in [0.1, 0.15) is 11.5 Å². The molecule has 7 nitrogen and oxygen atoms in total. The minimum absolute atomic E-state index is 0.171. The van der Waals surface area contributed by atoms with Crippen molar-refractivity contribution in [1.29, 1.82) is 0 Å². The zero-order valence-corrected chi connectivity index (χ0v) is 17.4. The second-order valence-corrected chi connectivity index (χ2v) is 7.70. The molecule has 1 aliphatic carbocycles. The number of benzene rings is 2. The summed E-state index contributed by atoms with van der Waals surface area (Å²) in [5, 5.41) is 2.85. The van der Waals surface area contributed by atoms with Crippen LogP contribution in [0, 0.1) is 18.8 Å². The van der Waals surface area contributed by atoms with Crippen molar-refractivity contribution in [3.8, 4) is 11.5 Å². The second-order valence-electron chi connectivity index (χ2n) is 7.70. The zero-order valence-electron chi connectivity index (χ0n) is 17.4. The number of imide groups is 1. The Kier molecular flexibility index (Phi) is 5.75. The third-order valence-electron chi connectivity index (χ3n) is 5.61. The first-order valence-corrected chi connectivity index (χ1v) is 10.2. The number of nitrogens with zero attached hydrogens (tertiary/aromatic N) is 1. The Hall–Kier alpha value is -3.61. The number of amides is 3. The van der Waals surface area contributed by atoms with Gasteiger partial charge in [0.25, 0.3) is 5.91 Å². The molecule has 160 valence electrons. The molecule has 4 rings (SSSR count). The molecule has 3 amide bonds. The normalized spacial score (nSPS) is 22.3. The molecule has 1 aliphatic heterocycles. The van der Waals surface area contributed by atoms with E-state index in [1.165, 1.54) is 4.90 Å². The fourth-order valence-corrected chi connectivity index (χ4v) is 4.10. The van der Waals surface area contributed by atoms with Gasteiger partial charge in [0.2, 0.25) is 11.8 Å². The molecule has 3 atom stereocenters. The van der Waals surface area contributed by atoms with E-state index in [-0.39, 0.29) is 24.3 Å². The van der Waals surface area contributed by atoms with Gasteiger partial charge in [0.15, 0.2) is 6.61 Å². The number of carbonyl (C=O) groups is 3. The average Bonchev–Trinajstić information content (AvgIpc) is 3.03. The van der Waals surface area contributed by atoms with Crippen molar-refractivity contribution in [3.63, 3.8) is 0 Å². The van der Waals surface area contributed by atoms with Crippen LogP contribution in [-0.4, -0.2) is 37.5 Å². The predicted molar refractivity (Wildman–Crippen MR) is 115 cm³/mol. The first-order valence-electron chi connectivity index (χ1n) is 10.2. The quantitative estimate of drug-likeness (QED) is 0.574. The summed E-state index contributed by atoms with van der Waals surface area (Å²) in [6, 6.07) is 13.6. The molecule has 0 radical (unpaired) electrons. The molecule has 0 saturated carbocycles. The number of anilines is 1. The SMILES string of the molecule is COc1ccc(N2C(=O)[C@H]3[C@@H](NC(=O)COc4cccc(C)c4)C=CC[C@H]3C2=O)cc1.